The Hall–Kier alpha value is -3.00. The van der Waals surface area contributed by atoms with E-state index in [0.717, 1.165) is 24.3 Å². The summed E-state index contributed by atoms with van der Waals surface area (Å²) in [6, 6.07) is 8.43. The number of anilines is 1. The second-order valence-corrected chi connectivity index (χ2v) is 4.96. The van der Waals surface area contributed by atoms with Crippen LogP contribution in [0.1, 0.15) is 10.4 Å². The molecule has 0 aliphatic heterocycles. The van der Waals surface area contributed by atoms with Crippen LogP contribution in [0.3, 0.4) is 0 Å². The number of nitro groups is 1. The van der Waals surface area contributed by atoms with Gasteiger partial charge in [-0.25, -0.2) is 9.18 Å². The van der Waals surface area contributed by atoms with Gasteiger partial charge in [-0.05, 0) is 24.3 Å². The van der Waals surface area contributed by atoms with Gasteiger partial charge in [0, 0.05) is 17.8 Å². The molecule has 0 fully saturated rings. The van der Waals surface area contributed by atoms with E-state index >= 15 is 0 Å². The molecule has 124 valence electrons. The van der Waals surface area contributed by atoms with E-state index in [9.17, 15) is 24.1 Å². The van der Waals surface area contributed by atoms with E-state index in [1.54, 1.807) is 0 Å². The van der Waals surface area contributed by atoms with Crippen molar-refractivity contribution in [1.29, 1.82) is 0 Å². The fraction of sp³-hybridized carbons (Fsp3) is 0.0667. The third kappa shape index (κ3) is 4.50. The van der Waals surface area contributed by atoms with Crippen molar-refractivity contribution >= 4 is 34.9 Å². The normalized spacial score (nSPS) is 10.1. The predicted molar refractivity (Wildman–Crippen MR) is 83.4 cm³/mol. The Morgan fingerprint density at radius 1 is 1.25 bits per heavy atom. The number of ether oxygens (including phenoxy) is 1. The molecule has 0 saturated carbocycles. The lowest BCUT2D eigenvalue weighted by molar-refractivity contribution is -0.384. The molecule has 1 amide bonds. The molecule has 2 aromatic rings. The summed E-state index contributed by atoms with van der Waals surface area (Å²) in [6.45, 7) is -0.622. The number of hydrogen-bond donors (Lipinski definition) is 1. The van der Waals surface area contributed by atoms with Gasteiger partial charge in [0.15, 0.2) is 6.61 Å². The first-order valence-corrected chi connectivity index (χ1v) is 6.91. The minimum atomic E-state index is -0.913. The molecular formula is C15H10ClFN2O5. The minimum Gasteiger partial charge on any atom is -0.452 e. The Morgan fingerprint density at radius 2 is 2.00 bits per heavy atom. The van der Waals surface area contributed by atoms with Crippen LogP contribution in [0.5, 0.6) is 0 Å². The molecule has 1 N–H and O–H groups in total. The standard InChI is InChI=1S/C15H10ClFN2O5/c16-13-7-11(19(22)23)4-5-12(13)15(21)24-8-14(20)18-10-3-1-2-9(17)6-10/h1-7H,8H2,(H,18,20). The summed E-state index contributed by atoms with van der Waals surface area (Å²) in [5.41, 5.74) is -0.175. The highest BCUT2D eigenvalue weighted by molar-refractivity contribution is 6.33. The number of amides is 1. The summed E-state index contributed by atoms with van der Waals surface area (Å²) < 4.78 is 17.8. The van der Waals surface area contributed by atoms with Crippen LogP contribution in [0.25, 0.3) is 0 Å². The zero-order valence-electron chi connectivity index (χ0n) is 12.0. The molecule has 2 aromatic carbocycles. The Morgan fingerprint density at radius 3 is 2.62 bits per heavy atom. The SMILES string of the molecule is O=C(COC(=O)c1ccc([N+](=O)[O-])cc1Cl)Nc1cccc(F)c1. The van der Waals surface area contributed by atoms with E-state index < -0.39 is 29.2 Å². The van der Waals surface area contributed by atoms with Gasteiger partial charge >= 0.3 is 5.97 Å². The molecule has 0 radical (unpaired) electrons. The molecule has 2 rings (SSSR count). The lowest BCUT2D eigenvalue weighted by Crippen LogP contribution is -2.21. The summed E-state index contributed by atoms with van der Waals surface area (Å²) in [5, 5.41) is 12.8. The zero-order valence-corrected chi connectivity index (χ0v) is 12.7. The Bertz CT molecular complexity index is 812. The summed E-state index contributed by atoms with van der Waals surface area (Å²) in [7, 11) is 0. The second-order valence-electron chi connectivity index (χ2n) is 4.56. The van der Waals surface area contributed by atoms with Crippen molar-refractivity contribution in [2.75, 3.05) is 11.9 Å². The van der Waals surface area contributed by atoms with Gasteiger partial charge in [-0.15, -0.1) is 0 Å². The monoisotopic (exact) mass is 352 g/mol. The van der Waals surface area contributed by atoms with Crippen LogP contribution >= 0.6 is 11.6 Å². The maximum Gasteiger partial charge on any atom is 0.340 e. The van der Waals surface area contributed by atoms with Crippen LogP contribution in [0.2, 0.25) is 5.02 Å². The van der Waals surface area contributed by atoms with Gasteiger partial charge in [0.25, 0.3) is 11.6 Å². The van der Waals surface area contributed by atoms with Crippen LogP contribution in [-0.4, -0.2) is 23.4 Å². The predicted octanol–water partition coefficient (Wildman–Crippen LogP) is 3.18. The van der Waals surface area contributed by atoms with E-state index in [1.807, 2.05) is 0 Å². The van der Waals surface area contributed by atoms with Crippen molar-refractivity contribution in [3.63, 3.8) is 0 Å². The lowest BCUT2D eigenvalue weighted by atomic mass is 10.2. The van der Waals surface area contributed by atoms with Crippen molar-refractivity contribution in [1.82, 2.24) is 0 Å². The largest absolute Gasteiger partial charge is 0.452 e. The van der Waals surface area contributed by atoms with E-state index in [1.165, 1.54) is 18.2 Å². The number of esters is 1. The molecule has 0 bridgehead atoms. The third-order valence-electron chi connectivity index (χ3n) is 2.83. The van der Waals surface area contributed by atoms with Gasteiger partial charge in [-0.3, -0.25) is 14.9 Å². The maximum absolute atomic E-state index is 13.0. The zero-order chi connectivity index (χ0) is 17.7. The van der Waals surface area contributed by atoms with Crippen molar-refractivity contribution in [2.24, 2.45) is 0 Å². The fourth-order valence-corrected chi connectivity index (χ4v) is 2.01. The Balaban J connectivity index is 1.95. The van der Waals surface area contributed by atoms with Gasteiger partial charge in [0.2, 0.25) is 0 Å². The van der Waals surface area contributed by atoms with E-state index in [-0.39, 0.29) is 22.0 Å². The van der Waals surface area contributed by atoms with E-state index in [4.69, 9.17) is 16.3 Å². The van der Waals surface area contributed by atoms with E-state index in [2.05, 4.69) is 5.32 Å². The van der Waals surface area contributed by atoms with Gasteiger partial charge in [-0.1, -0.05) is 17.7 Å². The first-order chi connectivity index (χ1) is 11.4. The molecule has 0 aromatic heterocycles. The van der Waals surface area contributed by atoms with Crippen molar-refractivity contribution in [3.8, 4) is 0 Å². The molecule has 0 spiro atoms. The number of benzene rings is 2. The highest BCUT2D eigenvalue weighted by Crippen LogP contribution is 2.23. The van der Waals surface area contributed by atoms with Crippen LogP contribution in [0, 0.1) is 15.9 Å². The smallest absolute Gasteiger partial charge is 0.340 e. The minimum absolute atomic E-state index is 0.110. The average Bonchev–Trinajstić information content (AvgIpc) is 2.52. The maximum atomic E-state index is 13.0. The molecule has 9 heteroatoms. The van der Waals surface area contributed by atoms with Crippen molar-refractivity contribution in [3.05, 3.63) is 69.0 Å². The summed E-state index contributed by atoms with van der Waals surface area (Å²) in [5.74, 6) is -2.11. The van der Waals surface area contributed by atoms with Gasteiger partial charge in [0.1, 0.15) is 5.82 Å². The van der Waals surface area contributed by atoms with Crippen molar-refractivity contribution < 1.29 is 23.6 Å². The van der Waals surface area contributed by atoms with Crippen LogP contribution in [0.15, 0.2) is 42.5 Å². The lowest BCUT2D eigenvalue weighted by Gasteiger charge is -2.07. The fourth-order valence-electron chi connectivity index (χ4n) is 1.76. The number of carbonyl (C=O) groups is 2. The number of nitrogens with one attached hydrogen (secondary N) is 1. The molecule has 0 saturated heterocycles. The number of halogens is 2. The number of carbonyl (C=O) groups excluding carboxylic acids is 2. The highest BCUT2D eigenvalue weighted by Gasteiger charge is 2.17. The van der Waals surface area contributed by atoms with E-state index in [0.29, 0.717) is 0 Å². The molecule has 0 unspecified atom stereocenters. The number of nitrogens with zero attached hydrogens (tertiary/aromatic N) is 1. The Kier molecular flexibility index (Phi) is 5.43. The molecule has 24 heavy (non-hydrogen) atoms. The molecule has 7 nitrogen and oxygen atoms in total. The van der Waals surface area contributed by atoms with Crippen molar-refractivity contribution in [2.45, 2.75) is 0 Å². The number of nitro benzene ring substituents is 1. The third-order valence-corrected chi connectivity index (χ3v) is 3.14. The summed E-state index contributed by atoms with van der Waals surface area (Å²) in [4.78, 5) is 33.4. The van der Waals surface area contributed by atoms with Gasteiger partial charge < -0.3 is 10.1 Å². The summed E-state index contributed by atoms with van der Waals surface area (Å²) >= 11 is 5.78. The first-order valence-electron chi connectivity index (χ1n) is 6.53. The van der Waals surface area contributed by atoms with Crippen LogP contribution in [-0.2, 0) is 9.53 Å². The highest BCUT2D eigenvalue weighted by atomic mass is 35.5. The molecule has 0 atom stereocenters. The summed E-state index contributed by atoms with van der Waals surface area (Å²) in [6.07, 6.45) is 0. The first kappa shape index (κ1) is 17.4. The average molecular weight is 353 g/mol. The molecular weight excluding hydrogens is 343 g/mol. The quantitative estimate of drug-likeness (QED) is 0.506. The number of rotatable bonds is 5. The number of hydrogen-bond acceptors (Lipinski definition) is 5. The second kappa shape index (κ2) is 7.51. The van der Waals surface area contributed by atoms with Gasteiger partial charge in [0.05, 0.1) is 15.5 Å². The number of non-ortho nitro benzene ring substituents is 1. The van der Waals surface area contributed by atoms with Gasteiger partial charge in [-0.2, -0.15) is 0 Å². The molecule has 0 heterocycles. The molecule has 0 aliphatic rings. The van der Waals surface area contributed by atoms with Crippen LogP contribution < -0.4 is 5.32 Å². The topological polar surface area (TPSA) is 98.5 Å². The van der Waals surface area contributed by atoms with Crippen LogP contribution in [0.4, 0.5) is 15.8 Å². The Labute approximate surface area is 140 Å². The molecule has 0 aliphatic carbocycles.